The van der Waals surface area contributed by atoms with Gasteiger partial charge in [-0.3, -0.25) is 9.59 Å². The Balaban J connectivity index is 1.72. The first-order valence-corrected chi connectivity index (χ1v) is 11.2. The molecule has 8 nitrogen and oxygen atoms in total. The minimum absolute atomic E-state index is 0.334. The van der Waals surface area contributed by atoms with Gasteiger partial charge in [0.05, 0.1) is 18.4 Å². The average Bonchev–Trinajstić information content (AvgIpc) is 2.75. The number of benzene rings is 2. The monoisotopic (exact) mass is 470 g/mol. The van der Waals surface area contributed by atoms with Crippen LogP contribution in [0.1, 0.15) is 18.9 Å². The van der Waals surface area contributed by atoms with Gasteiger partial charge in [-0.1, -0.05) is 12.1 Å². The molecule has 2 aromatic rings. The molecule has 0 aromatic heterocycles. The molecule has 1 unspecified atom stereocenters. The van der Waals surface area contributed by atoms with Crippen molar-refractivity contribution >= 4 is 21.9 Å². The smallest absolute Gasteiger partial charge is 0.307 e. The first-order chi connectivity index (χ1) is 15.1. The van der Waals surface area contributed by atoms with E-state index in [9.17, 15) is 26.8 Å². The molecule has 0 heterocycles. The maximum atomic E-state index is 13.2. The van der Waals surface area contributed by atoms with Crippen molar-refractivity contribution in [1.82, 2.24) is 10.0 Å². The minimum Gasteiger partial charge on any atom is -0.497 e. The van der Waals surface area contributed by atoms with Gasteiger partial charge in [0.2, 0.25) is 10.0 Å². The lowest BCUT2D eigenvalue weighted by atomic mass is 10.1. The van der Waals surface area contributed by atoms with Crippen molar-refractivity contribution in [3.8, 4) is 5.75 Å². The number of methoxy groups -OCH3 is 1. The highest BCUT2D eigenvalue weighted by atomic mass is 32.2. The fraction of sp³-hybridized carbons (Fsp3) is 0.333. The van der Waals surface area contributed by atoms with Crippen molar-refractivity contribution in [3.05, 3.63) is 59.7 Å². The van der Waals surface area contributed by atoms with Crippen LogP contribution < -0.4 is 14.8 Å². The molecule has 2 rings (SSSR count). The number of carbonyl (C=O) groups excluding carboxylic acids is 2. The molecule has 0 aliphatic heterocycles. The molecule has 1 amide bonds. The maximum absolute atomic E-state index is 13.2. The SMILES string of the molecule is COc1ccc(CCNC(=O)C(C)OC(=O)CCNS(=O)(=O)c2ccc(F)c(F)c2)cc1. The summed E-state index contributed by atoms with van der Waals surface area (Å²) in [4.78, 5) is 23.5. The van der Waals surface area contributed by atoms with E-state index in [4.69, 9.17) is 9.47 Å². The topological polar surface area (TPSA) is 111 Å². The number of hydrogen-bond donors (Lipinski definition) is 2. The van der Waals surface area contributed by atoms with E-state index in [0.717, 1.165) is 17.4 Å². The predicted molar refractivity (Wildman–Crippen MR) is 111 cm³/mol. The molecule has 0 spiro atoms. The Morgan fingerprint density at radius 1 is 1.03 bits per heavy atom. The Hall–Kier alpha value is -3.05. The van der Waals surface area contributed by atoms with Gasteiger partial charge in [0.25, 0.3) is 5.91 Å². The highest BCUT2D eigenvalue weighted by molar-refractivity contribution is 7.89. The normalized spacial score (nSPS) is 12.1. The molecule has 0 aliphatic rings. The zero-order valence-corrected chi connectivity index (χ0v) is 18.4. The van der Waals surface area contributed by atoms with Crippen LogP contribution in [0.5, 0.6) is 5.75 Å². The van der Waals surface area contributed by atoms with Crippen molar-refractivity contribution in [2.24, 2.45) is 0 Å². The molecule has 174 valence electrons. The number of ether oxygens (including phenoxy) is 2. The van der Waals surface area contributed by atoms with Gasteiger partial charge in [0, 0.05) is 13.1 Å². The van der Waals surface area contributed by atoms with Gasteiger partial charge in [0.15, 0.2) is 17.7 Å². The van der Waals surface area contributed by atoms with Crippen LogP contribution in [0.4, 0.5) is 8.78 Å². The first-order valence-electron chi connectivity index (χ1n) is 9.67. The summed E-state index contributed by atoms with van der Waals surface area (Å²) in [6.45, 7) is 1.39. The lowest BCUT2D eigenvalue weighted by Crippen LogP contribution is -2.37. The van der Waals surface area contributed by atoms with Crippen molar-refractivity contribution in [1.29, 1.82) is 0 Å². The fourth-order valence-electron chi connectivity index (χ4n) is 2.59. The van der Waals surface area contributed by atoms with E-state index in [2.05, 4.69) is 10.0 Å². The van der Waals surface area contributed by atoms with E-state index < -0.39 is 44.5 Å². The Kier molecular flexibility index (Phi) is 9.09. The quantitative estimate of drug-likeness (QED) is 0.486. The largest absolute Gasteiger partial charge is 0.497 e. The van der Waals surface area contributed by atoms with Crippen LogP contribution >= 0.6 is 0 Å². The molecular formula is C21H24F2N2O6S. The molecule has 0 aliphatic carbocycles. The summed E-state index contributed by atoms with van der Waals surface area (Å²) in [5.74, 6) is -3.04. The molecule has 1 atom stereocenters. The van der Waals surface area contributed by atoms with Gasteiger partial charge in [0.1, 0.15) is 5.75 Å². The maximum Gasteiger partial charge on any atom is 0.307 e. The zero-order valence-electron chi connectivity index (χ0n) is 17.6. The summed E-state index contributed by atoms with van der Waals surface area (Å²) in [5.41, 5.74) is 0.990. The molecule has 11 heteroatoms. The molecular weight excluding hydrogens is 446 g/mol. The van der Waals surface area contributed by atoms with Crippen LogP contribution in [0, 0.1) is 11.6 Å². The second-order valence-corrected chi connectivity index (χ2v) is 8.51. The average molecular weight is 470 g/mol. The lowest BCUT2D eigenvalue weighted by Gasteiger charge is -2.14. The number of amides is 1. The van der Waals surface area contributed by atoms with Gasteiger partial charge in [-0.25, -0.2) is 21.9 Å². The standard InChI is InChI=1S/C21H24F2N2O6S/c1-14(21(27)24-11-9-15-3-5-16(30-2)6-4-15)31-20(26)10-12-25-32(28,29)17-7-8-18(22)19(23)13-17/h3-8,13-14,25H,9-12H2,1-2H3,(H,24,27). The second-order valence-electron chi connectivity index (χ2n) is 6.74. The van der Waals surface area contributed by atoms with Crippen molar-refractivity contribution in [2.45, 2.75) is 30.8 Å². The highest BCUT2D eigenvalue weighted by Gasteiger charge is 2.19. The molecule has 32 heavy (non-hydrogen) atoms. The summed E-state index contributed by atoms with van der Waals surface area (Å²) in [6, 6.07) is 9.48. The van der Waals surface area contributed by atoms with E-state index in [0.29, 0.717) is 25.1 Å². The Morgan fingerprint density at radius 3 is 2.34 bits per heavy atom. The molecule has 0 radical (unpaired) electrons. The Morgan fingerprint density at radius 2 is 1.72 bits per heavy atom. The van der Waals surface area contributed by atoms with Crippen LogP contribution in [-0.4, -0.2) is 46.6 Å². The zero-order chi connectivity index (χ0) is 23.7. The Bertz CT molecular complexity index is 1040. The van der Waals surface area contributed by atoms with Crippen LogP contribution in [0.15, 0.2) is 47.4 Å². The fourth-order valence-corrected chi connectivity index (χ4v) is 3.63. The third-order valence-electron chi connectivity index (χ3n) is 4.37. The van der Waals surface area contributed by atoms with Crippen LogP contribution in [0.3, 0.4) is 0 Å². The van der Waals surface area contributed by atoms with E-state index in [1.165, 1.54) is 6.92 Å². The molecule has 0 saturated carbocycles. The minimum atomic E-state index is -4.13. The Labute approximate surface area is 185 Å². The third kappa shape index (κ3) is 7.57. The summed E-state index contributed by atoms with van der Waals surface area (Å²) in [5, 5.41) is 2.65. The van der Waals surface area contributed by atoms with E-state index >= 15 is 0 Å². The van der Waals surface area contributed by atoms with Crippen molar-refractivity contribution in [3.63, 3.8) is 0 Å². The molecule has 0 bridgehead atoms. The van der Waals surface area contributed by atoms with Gasteiger partial charge >= 0.3 is 5.97 Å². The van der Waals surface area contributed by atoms with E-state index in [1.54, 1.807) is 7.11 Å². The van der Waals surface area contributed by atoms with Crippen LogP contribution in [0.25, 0.3) is 0 Å². The number of esters is 1. The molecule has 2 aromatic carbocycles. The second kappa shape index (κ2) is 11.5. The number of nitrogens with one attached hydrogen (secondary N) is 2. The van der Waals surface area contributed by atoms with Gasteiger partial charge in [-0.15, -0.1) is 0 Å². The van der Waals surface area contributed by atoms with Gasteiger partial charge in [-0.2, -0.15) is 0 Å². The summed E-state index contributed by atoms with van der Waals surface area (Å²) in [7, 11) is -2.57. The van der Waals surface area contributed by atoms with Crippen molar-refractivity contribution in [2.75, 3.05) is 20.2 Å². The van der Waals surface area contributed by atoms with Crippen LogP contribution in [0.2, 0.25) is 0 Å². The van der Waals surface area contributed by atoms with Gasteiger partial charge in [-0.05, 0) is 49.2 Å². The first kappa shape index (κ1) is 25.2. The van der Waals surface area contributed by atoms with Gasteiger partial charge < -0.3 is 14.8 Å². The molecule has 2 N–H and O–H groups in total. The van der Waals surface area contributed by atoms with E-state index in [1.807, 2.05) is 24.3 Å². The third-order valence-corrected chi connectivity index (χ3v) is 5.83. The van der Waals surface area contributed by atoms with E-state index in [-0.39, 0.29) is 13.0 Å². The summed E-state index contributed by atoms with van der Waals surface area (Å²) < 4.78 is 62.4. The number of halogens is 2. The van der Waals surface area contributed by atoms with Crippen molar-refractivity contribution < 1.29 is 36.3 Å². The number of carbonyl (C=O) groups is 2. The molecule has 0 saturated heterocycles. The summed E-state index contributed by atoms with van der Waals surface area (Å²) in [6.07, 6.45) is -0.852. The number of sulfonamides is 1. The molecule has 0 fully saturated rings. The predicted octanol–water partition coefficient (Wildman–Crippen LogP) is 1.93. The number of rotatable bonds is 11. The van der Waals surface area contributed by atoms with Crippen LogP contribution in [-0.2, 0) is 30.8 Å². The lowest BCUT2D eigenvalue weighted by molar-refractivity contribution is -0.154. The summed E-state index contributed by atoms with van der Waals surface area (Å²) >= 11 is 0. The number of hydrogen-bond acceptors (Lipinski definition) is 6. The highest BCUT2D eigenvalue weighted by Crippen LogP contribution is 2.14.